The van der Waals surface area contributed by atoms with E-state index in [-0.39, 0.29) is 5.91 Å². The lowest BCUT2D eigenvalue weighted by Gasteiger charge is -2.06. The molecule has 0 radical (unpaired) electrons. The first-order chi connectivity index (χ1) is 10.2. The fourth-order valence-corrected chi connectivity index (χ4v) is 1.99. The number of carbonyl (C=O) groups excluding carboxylic acids is 1. The van der Waals surface area contributed by atoms with Crippen LogP contribution in [0, 0.1) is 6.92 Å². The molecule has 1 amide bonds. The predicted molar refractivity (Wildman–Crippen MR) is 80.5 cm³/mol. The van der Waals surface area contributed by atoms with Crippen molar-refractivity contribution in [2.24, 2.45) is 0 Å². The van der Waals surface area contributed by atoms with Crippen LogP contribution in [0.25, 0.3) is 5.82 Å². The van der Waals surface area contributed by atoms with Crippen molar-refractivity contribution in [1.82, 2.24) is 14.8 Å². The summed E-state index contributed by atoms with van der Waals surface area (Å²) in [5, 5.41) is 6.94. The Morgan fingerprint density at radius 1 is 1.19 bits per heavy atom. The van der Waals surface area contributed by atoms with Crippen LogP contribution in [0.3, 0.4) is 0 Å². The summed E-state index contributed by atoms with van der Waals surface area (Å²) in [7, 11) is 0. The molecule has 3 aromatic rings. The number of aromatic nitrogens is 3. The summed E-state index contributed by atoms with van der Waals surface area (Å²) in [6, 6.07) is 13.0. The molecule has 2 aromatic heterocycles. The number of amides is 1. The molecule has 104 valence electrons. The van der Waals surface area contributed by atoms with Gasteiger partial charge in [-0.3, -0.25) is 4.79 Å². The predicted octanol–water partition coefficient (Wildman–Crippen LogP) is 2.83. The van der Waals surface area contributed by atoms with Crippen molar-refractivity contribution in [3.05, 3.63) is 72.2 Å². The number of hydrogen-bond donors (Lipinski definition) is 1. The lowest BCUT2D eigenvalue weighted by Crippen LogP contribution is -2.12. The minimum Gasteiger partial charge on any atom is -0.322 e. The summed E-state index contributed by atoms with van der Waals surface area (Å²) < 4.78 is 1.64. The summed E-state index contributed by atoms with van der Waals surface area (Å²) >= 11 is 0. The molecule has 0 saturated heterocycles. The summed E-state index contributed by atoms with van der Waals surface area (Å²) in [5.74, 6) is 0.493. The van der Waals surface area contributed by atoms with Gasteiger partial charge in [0, 0.05) is 24.3 Å². The van der Waals surface area contributed by atoms with Crippen LogP contribution < -0.4 is 5.32 Å². The molecule has 0 bridgehead atoms. The second-order valence-corrected chi connectivity index (χ2v) is 4.68. The Morgan fingerprint density at radius 3 is 2.76 bits per heavy atom. The van der Waals surface area contributed by atoms with Gasteiger partial charge in [-0.05, 0) is 42.8 Å². The Kier molecular flexibility index (Phi) is 3.47. The van der Waals surface area contributed by atoms with E-state index in [4.69, 9.17) is 0 Å². The Bertz CT molecular complexity index is 748. The first kappa shape index (κ1) is 13.1. The van der Waals surface area contributed by atoms with Gasteiger partial charge in [0.05, 0.1) is 5.56 Å². The molecule has 0 spiro atoms. The molecule has 0 saturated carbocycles. The minimum absolute atomic E-state index is 0.180. The quantitative estimate of drug-likeness (QED) is 0.801. The van der Waals surface area contributed by atoms with E-state index in [1.165, 1.54) is 0 Å². The highest BCUT2D eigenvalue weighted by Gasteiger charge is 2.07. The van der Waals surface area contributed by atoms with E-state index in [2.05, 4.69) is 15.4 Å². The van der Waals surface area contributed by atoms with Crippen LogP contribution in [0.15, 0.2) is 61.1 Å². The van der Waals surface area contributed by atoms with Gasteiger partial charge in [-0.15, -0.1) is 0 Å². The van der Waals surface area contributed by atoms with Gasteiger partial charge in [-0.2, -0.15) is 5.10 Å². The smallest absolute Gasteiger partial charge is 0.257 e. The summed E-state index contributed by atoms with van der Waals surface area (Å²) in [5.41, 5.74) is 2.38. The average Bonchev–Trinajstić information content (AvgIpc) is 3.01. The van der Waals surface area contributed by atoms with Crippen LogP contribution >= 0.6 is 0 Å². The fourth-order valence-electron chi connectivity index (χ4n) is 1.99. The van der Waals surface area contributed by atoms with Gasteiger partial charge >= 0.3 is 0 Å². The molecule has 2 heterocycles. The van der Waals surface area contributed by atoms with Crippen molar-refractivity contribution < 1.29 is 4.79 Å². The van der Waals surface area contributed by atoms with Crippen molar-refractivity contribution in [3.63, 3.8) is 0 Å². The number of aryl methyl sites for hydroxylation is 1. The molecule has 5 heteroatoms. The van der Waals surface area contributed by atoms with Crippen LogP contribution in [0.4, 0.5) is 5.69 Å². The van der Waals surface area contributed by atoms with Crippen LogP contribution in [0.2, 0.25) is 0 Å². The van der Waals surface area contributed by atoms with E-state index < -0.39 is 0 Å². The third-order valence-electron chi connectivity index (χ3n) is 3.03. The third kappa shape index (κ3) is 2.97. The standard InChI is InChI=1S/C16H14N4O/c1-12-4-2-5-14(10-12)19-16(21)13-6-7-15(17-11-13)20-9-3-8-18-20/h2-11H,1H3,(H,19,21). The molecule has 0 atom stereocenters. The normalized spacial score (nSPS) is 10.3. The van der Waals surface area contributed by atoms with Gasteiger partial charge < -0.3 is 5.32 Å². The van der Waals surface area contributed by atoms with Gasteiger partial charge in [-0.25, -0.2) is 9.67 Å². The molecule has 3 rings (SSSR count). The maximum absolute atomic E-state index is 12.1. The van der Waals surface area contributed by atoms with Crippen molar-refractivity contribution >= 4 is 11.6 Å². The monoisotopic (exact) mass is 278 g/mol. The molecule has 0 aliphatic heterocycles. The highest BCUT2D eigenvalue weighted by atomic mass is 16.1. The second kappa shape index (κ2) is 5.58. The molecule has 0 aliphatic rings. The molecule has 21 heavy (non-hydrogen) atoms. The fraction of sp³-hybridized carbons (Fsp3) is 0.0625. The topological polar surface area (TPSA) is 59.8 Å². The van der Waals surface area contributed by atoms with E-state index in [0.29, 0.717) is 11.4 Å². The number of benzene rings is 1. The zero-order valence-corrected chi connectivity index (χ0v) is 11.5. The maximum Gasteiger partial charge on any atom is 0.257 e. The molecule has 5 nitrogen and oxygen atoms in total. The molecule has 1 N–H and O–H groups in total. The molecular weight excluding hydrogens is 264 g/mol. The molecular formula is C16H14N4O. The average molecular weight is 278 g/mol. The number of rotatable bonds is 3. The van der Waals surface area contributed by atoms with Crippen LogP contribution in [0.1, 0.15) is 15.9 Å². The number of carbonyl (C=O) groups is 1. The molecule has 0 aliphatic carbocycles. The summed E-state index contributed by atoms with van der Waals surface area (Å²) in [6.45, 7) is 1.98. The van der Waals surface area contributed by atoms with E-state index in [1.807, 2.05) is 37.3 Å². The van der Waals surface area contributed by atoms with Crippen LogP contribution in [0.5, 0.6) is 0 Å². The summed E-state index contributed by atoms with van der Waals surface area (Å²) in [6.07, 6.45) is 5.02. The van der Waals surface area contributed by atoms with Gasteiger partial charge in [-0.1, -0.05) is 12.1 Å². The lowest BCUT2D eigenvalue weighted by molar-refractivity contribution is 0.102. The first-order valence-corrected chi connectivity index (χ1v) is 6.56. The van der Waals surface area contributed by atoms with Gasteiger partial charge in [0.1, 0.15) is 0 Å². The highest BCUT2D eigenvalue weighted by Crippen LogP contribution is 2.12. The van der Waals surface area contributed by atoms with Crippen LogP contribution in [-0.2, 0) is 0 Å². The Morgan fingerprint density at radius 2 is 2.10 bits per heavy atom. The van der Waals surface area contributed by atoms with Crippen molar-refractivity contribution in [2.45, 2.75) is 6.92 Å². The lowest BCUT2D eigenvalue weighted by atomic mass is 10.2. The SMILES string of the molecule is Cc1cccc(NC(=O)c2ccc(-n3cccn3)nc2)c1. The van der Waals surface area contributed by atoms with Gasteiger partial charge in [0.15, 0.2) is 5.82 Å². The molecule has 1 aromatic carbocycles. The number of anilines is 1. The van der Waals surface area contributed by atoms with Crippen molar-refractivity contribution in [2.75, 3.05) is 5.32 Å². The highest BCUT2D eigenvalue weighted by molar-refractivity contribution is 6.04. The summed E-state index contributed by atoms with van der Waals surface area (Å²) in [4.78, 5) is 16.4. The number of hydrogen-bond acceptors (Lipinski definition) is 3. The van der Waals surface area contributed by atoms with E-state index in [9.17, 15) is 4.79 Å². The zero-order valence-electron chi connectivity index (χ0n) is 11.5. The largest absolute Gasteiger partial charge is 0.322 e. The molecule has 0 fully saturated rings. The van der Waals surface area contributed by atoms with E-state index in [1.54, 1.807) is 35.4 Å². The van der Waals surface area contributed by atoms with Crippen LogP contribution in [-0.4, -0.2) is 20.7 Å². The number of nitrogens with one attached hydrogen (secondary N) is 1. The van der Waals surface area contributed by atoms with Crippen molar-refractivity contribution in [3.8, 4) is 5.82 Å². The Labute approximate surface area is 122 Å². The molecule has 0 unspecified atom stereocenters. The second-order valence-electron chi connectivity index (χ2n) is 4.68. The van der Waals surface area contributed by atoms with Gasteiger partial charge in [0.25, 0.3) is 5.91 Å². The number of nitrogens with zero attached hydrogens (tertiary/aromatic N) is 3. The van der Waals surface area contributed by atoms with Crippen molar-refractivity contribution in [1.29, 1.82) is 0 Å². The minimum atomic E-state index is -0.180. The number of pyridine rings is 1. The van der Waals surface area contributed by atoms with Gasteiger partial charge in [0.2, 0.25) is 0 Å². The first-order valence-electron chi connectivity index (χ1n) is 6.56. The zero-order chi connectivity index (χ0) is 14.7. The Hall–Kier alpha value is -2.95. The van der Waals surface area contributed by atoms with E-state index in [0.717, 1.165) is 11.3 Å². The maximum atomic E-state index is 12.1. The third-order valence-corrected chi connectivity index (χ3v) is 3.03. The Balaban J connectivity index is 1.76. The van der Waals surface area contributed by atoms with E-state index >= 15 is 0 Å².